The third-order valence-electron chi connectivity index (χ3n) is 3.20. The van der Waals surface area contributed by atoms with Crippen LogP contribution in [0.25, 0.3) is 0 Å². The van der Waals surface area contributed by atoms with Crippen molar-refractivity contribution < 1.29 is 9.32 Å². The molecule has 84 valence electrons. The van der Waals surface area contributed by atoms with Crippen LogP contribution in [-0.4, -0.2) is 26.7 Å². The fraction of sp³-hybridized carbons (Fsp3) is 1.00. The zero-order valence-electron chi connectivity index (χ0n) is 9.20. The van der Waals surface area contributed by atoms with Gasteiger partial charge in [-0.2, -0.15) is 0 Å². The van der Waals surface area contributed by atoms with E-state index in [1.807, 2.05) is 13.8 Å². The molecular weight excluding hydrogens is 200 g/mol. The van der Waals surface area contributed by atoms with Crippen molar-refractivity contribution >= 4 is 9.92 Å². The monoisotopic (exact) mass is 220 g/mol. The molecule has 1 saturated carbocycles. The largest absolute Gasteiger partial charge is 0.392 e. The van der Waals surface area contributed by atoms with Gasteiger partial charge in [0.15, 0.2) is 0 Å². The Morgan fingerprint density at radius 3 is 2.36 bits per heavy atom. The maximum atomic E-state index is 11.8. The van der Waals surface area contributed by atoms with Gasteiger partial charge in [-0.1, -0.05) is 13.8 Å². The van der Waals surface area contributed by atoms with Crippen LogP contribution < -0.4 is 4.72 Å². The SMILES string of the molecule is CC(C)S(=N)(=O)NC1CC(O)C1(C)C. The minimum atomic E-state index is -2.71. The summed E-state index contributed by atoms with van der Waals surface area (Å²) in [6, 6.07) is -0.00935. The van der Waals surface area contributed by atoms with Gasteiger partial charge in [-0.25, -0.2) is 13.7 Å². The molecule has 0 aromatic carbocycles. The first kappa shape index (κ1) is 11.9. The summed E-state index contributed by atoms with van der Waals surface area (Å²) in [6.45, 7) is 7.39. The predicted molar refractivity (Wildman–Crippen MR) is 57.3 cm³/mol. The van der Waals surface area contributed by atoms with Gasteiger partial charge in [0.2, 0.25) is 0 Å². The average molecular weight is 220 g/mol. The van der Waals surface area contributed by atoms with E-state index in [0.29, 0.717) is 6.42 Å². The van der Waals surface area contributed by atoms with E-state index in [2.05, 4.69) is 4.72 Å². The molecule has 0 radical (unpaired) electrons. The second-order valence-electron chi connectivity index (χ2n) is 4.89. The van der Waals surface area contributed by atoms with Crippen molar-refractivity contribution in [3.63, 3.8) is 0 Å². The Kier molecular flexibility index (Phi) is 2.96. The molecular formula is C9H20N2O2S. The van der Waals surface area contributed by atoms with Gasteiger partial charge < -0.3 is 5.11 Å². The van der Waals surface area contributed by atoms with Crippen LogP contribution in [0.4, 0.5) is 0 Å². The summed E-state index contributed by atoms with van der Waals surface area (Å²) < 4.78 is 22.2. The molecule has 0 spiro atoms. The maximum Gasteiger partial charge on any atom is 0.107 e. The van der Waals surface area contributed by atoms with Crippen LogP contribution in [0.15, 0.2) is 0 Å². The molecule has 14 heavy (non-hydrogen) atoms. The van der Waals surface area contributed by atoms with Gasteiger partial charge >= 0.3 is 0 Å². The highest BCUT2D eigenvalue weighted by molar-refractivity contribution is 7.91. The second-order valence-corrected chi connectivity index (χ2v) is 7.27. The number of aliphatic hydroxyl groups excluding tert-OH is 1. The normalized spacial score (nSPS) is 35.0. The van der Waals surface area contributed by atoms with Crippen LogP contribution in [0.3, 0.4) is 0 Å². The zero-order chi connectivity index (χ0) is 11.1. The minimum Gasteiger partial charge on any atom is -0.392 e. The Morgan fingerprint density at radius 1 is 1.57 bits per heavy atom. The Bertz CT molecular complexity index is 309. The molecule has 0 heterocycles. The molecule has 1 aliphatic carbocycles. The summed E-state index contributed by atoms with van der Waals surface area (Å²) in [6.07, 6.45) is 0.248. The topological polar surface area (TPSA) is 73.2 Å². The number of rotatable bonds is 3. The number of nitrogens with one attached hydrogen (secondary N) is 2. The fourth-order valence-corrected chi connectivity index (χ4v) is 2.54. The lowest BCUT2D eigenvalue weighted by atomic mass is 9.65. The fourth-order valence-electron chi connectivity index (χ4n) is 1.45. The van der Waals surface area contributed by atoms with Crippen molar-refractivity contribution in [1.82, 2.24) is 4.72 Å². The molecule has 0 aliphatic heterocycles. The van der Waals surface area contributed by atoms with E-state index in [1.165, 1.54) is 0 Å². The van der Waals surface area contributed by atoms with Gasteiger partial charge in [0, 0.05) is 11.5 Å². The molecule has 1 fully saturated rings. The van der Waals surface area contributed by atoms with Crippen LogP contribution in [0.2, 0.25) is 0 Å². The van der Waals surface area contributed by atoms with E-state index < -0.39 is 9.92 Å². The zero-order valence-corrected chi connectivity index (χ0v) is 10.0. The molecule has 3 atom stereocenters. The van der Waals surface area contributed by atoms with Crippen molar-refractivity contribution in [1.29, 1.82) is 4.78 Å². The first-order chi connectivity index (χ1) is 6.18. The highest BCUT2D eigenvalue weighted by atomic mass is 32.2. The van der Waals surface area contributed by atoms with E-state index in [-0.39, 0.29) is 22.8 Å². The van der Waals surface area contributed by atoms with Crippen molar-refractivity contribution in [2.75, 3.05) is 0 Å². The quantitative estimate of drug-likeness (QED) is 0.666. The summed E-state index contributed by atoms with van der Waals surface area (Å²) in [5.74, 6) is 0. The third kappa shape index (κ3) is 1.94. The van der Waals surface area contributed by atoms with E-state index in [9.17, 15) is 9.32 Å². The number of aliphatic hydroxyl groups is 1. The van der Waals surface area contributed by atoms with Crippen LogP contribution in [0.5, 0.6) is 0 Å². The van der Waals surface area contributed by atoms with Crippen LogP contribution in [0.1, 0.15) is 34.1 Å². The van der Waals surface area contributed by atoms with Gasteiger partial charge in [-0.3, -0.25) is 0 Å². The van der Waals surface area contributed by atoms with Gasteiger partial charge in [0.05, 0.1) is 11.4 Å². The summed E-state index contributed by atoms with van der Waals surface area (Å²) in [5.41, 5.74) is -0.265. The molecule has 0 aromatic heterocycles. The lowest BCUT2D eigenvalue weighted by Gasteiger charge is -2.49. The second kappa shape index (κ2) is 3.47. The molecule has 3 N–H and O–H groups in total. The lowest BCUT2D eigenvalue weighted by Crippen LogP contribution is -2.61. The summed E-state index contributed by atoms with van der Waals surface area (Å²) in [7, 11) is -2.71. The molecule has 4 nitrogen and oxygen atoms in total. The number of hydrogen-bond acceptors (Lipinski definition) is 3. The molecule has 0 bridgehead atoms. The molecule has 3 unspecified atom stereocenters. The van der Waals surface area contributed by atoms with Crippen molar-refractivity contribution in [2.45, 2.75) is 51.5 Å². The van der Waals surface area contributed by atoms with Crippen molar-refractivity contribution in [3.8, 4) is 0 Å². The van der Waals surface area contributed by atoms with Gasteiger partial charge in [-0.15, -0.1) is 0 Å². The van der Waals surface area contributed by atoms with Crippen molar-refractivity contribution in [3.05, 3.63) is 0 Å². The van der Waals surface area contributed by atoms with Crippen molar-refractivity contribution in [2.24, 2.45) is 5.41 Å². The maximum absolute atomic E-state index is 11.8. The minimum absolute atomic E-state index is 0.00935. The van der Waals surface area contributed by atoms with Gasteiger partial charge in [0.25, 0.3) is 0 Å². The Morgan fingerprint density at radius 2 is 2.07 bits per heavy atom. The van der Waals surface area contributed by atoms with E-state index >= 15 is 0 Å². The van der Waals surface area contributed by atoms with E-state index in [4.69, 9.17) is 4.78 Å². The van der Waals surface area contributed by atoms with Crippen LogP contribution in [-0.2, 0) is 9.92 Å². The van der Waals surface area contributed by atoms with E-state index in [1.54, 1.807) is 13.8 Å². The smallest absolute Gasteiger partial charge is 0.107 e. The molecule has 0 amide bonds. The first-order valence-electron chi connectivity index (χ1n) is 4.91. The number of hydrogen-bond donors (Lipinski definition) is 3. The first-order valence-corrected chi connectivity index (χ1v) is 6.53. The van der Waals surface area contributed by atoms with Crippen LogP contribution in [0, 0.1) is 10.2 Å². The third-order valence-corrected chi connectivity index (χ3v) is 5.16. The van der Waals surface area contributed by atoms with Gasteiger partial charge in [0.1, 0.15) is 9.92 Å². The molecule has 1 rings (SSSR count). The molecule has 0 saturated heterocycles. The summed E-state index contributed by atoms with van der Waals surface area (Å²) in [5, 5.41) is 9.29. The Balaban J connectivity index is 2.65. The summed E-state index contributed by atoms with van der Waals surface area (Å²) in [4.78, 5) is 0. The molecule has 0 aromatic rings. The highest BCUT2D eigenvalue weighted by Crippen LogP contribution is 2.40. The summed E-state index contributed by atoms with van der Waals surface area (Å²) >= 11 is 0. The van der Waals surface area contributed by atoms with E-state index in [0.717, 1.165) is 0 Å². The predicted octanol–water partition coefficient (Wildman–Crippen LogP) is 1.11. The lowest BCUT2D eigenvalue weighted by molar-refractivity contribution is -0.0643. The standard InChI is InChI=1S/C9H20N2O2S/c1-6(2)14(10,13)11-7-5-8(12)9(7,3)4/h6-8,12H,5H2,1-4H3,(H2,10,11,13). The van der Waals surface area contributed by atoms with Gasteiger partial charge in [-0.05, 0) is 20.3 Å². The van der Waals surface area contributed by atoms with Crippen LogP contribution >= 0.6 is 0 Å². The Labute approximate surface area is 86.2 Å². The highest BCUT2D eigenvalue weighted by Gasteiger charge is 2.48. The molecule has 1 aliphatic rings. The average Bonchev–Trinajstić information content (AvgIpc) is 2.03. The Hall–Kier alpha value is -0.130. The molecule has 5 heteroatoms.